The summed E-state index contributed by atoms with van der Waals surface area (Å²) in [7, 11) is 1.65. The van der Waals surface area contributed by atoms with Crippen molar-refractivity contribution in [2.45, 2.75) is 43.8 Å². The van der Waals surface area contributed by atoms with Crippen LogP contribution in [0.1, 0.15) is 46.7 Å². The molecule has 0 radical (unpaired) electrons. The Morgan fingerprint density at radius 1 is 1.16 bits per heavy atom. The molecule has 31 heavy (non-hydrogen) atoms. The van der Waals surface area contributed by atoms with Gasteiger partial charge in [-0.1, -0.05) is 18.2 Å². The smallest absolute Gasteiger partial charge is 0.407 e. The fraction of sp³-hybridized carbons (Fsp3) is 0.417. The van der Waals surface area contributed by atoms with Gasteiger partial charge in [-0.25, -0.2) is 4.79 Å². The van der Waals surface area contributed by atoms with Crippen LogP contribution < -0.4 is 14.8 Å². The highest BCUT2D eigenvalue weighted by atomic mass is 16.5. The molecule has 4 unspecified atom stereocenters. The quantitative estimate of drug-likeness (QED) is 0.768. The number of amides is 2. The van der Waals surface area contributed by atoms with Crippen LogP contribution in [0.5, 0.6) is 11.5 Å². The third kappa shape index (κ3) is 3.48. The standard InChI is InChI=1S/C24H26N2O5/c1-30-17-6-2-14(3-7-17)19-10-16-5-9-22(26(16)24(28)29)21(19)13-31-18-8-4-15-12-25-23(27)20(15)11-18/h2-4,6-8,11,16,19,21-22H,5,9-10,12-13H2,1H3,(H,25,27)(H,28,29). The molecule has 2 bridgehead atoms. The van der Waals surface area contributed by atoms with E-state index in [4.69, 9.17) is 9.47 Å². The highest BCUT2D eigenvalue weighted by molar-refractivity contribution is 5.98. The minimum absolute atomic E-state index is 0.0327. The molecule has 3 aliphatic rings. The van der Waals surface area contributed by atoms with Gasteiger partial charge < -0.3 is 24.8 Å². The van der Waals surface area contributed by atoms with Crippen LogP contribution in [-0.4, -0.2) is 47.8 Å². The van der Waals surface area contributed by atoms with Gasteiger partial charge >= 0.3 is 6.09 Å². The molecule has 4 atom stereocenters. The van der Waals surface area contributed by atoms with Crippen molar-refractivity contribution in [1.29, 1.82) is 0 Å². The molecule has 0 aliphatic carbocycles. The molecule has 0 aromatic heterocycles. The van der Waals surface area contributed by atoms with Crippen molar-refractivity contribution in [1.82, 2.24) is 10.2 Å². The van der Waals surface area contributed by atoms with E-state index in [1.54, 1.807) is 18.1 Å². The van der Waals surface area contributed by atoms with E-state index in [2.05, 4.69) is 17.4 Å². The van der Waals surface area contributed by atoms with Crippen molar-refractivity contribution >= 4 is 12.0 Å². The lowest BCUT2D eigenvalue weighted by Gasteiger charge is -2.43. The van der Waals surface area contributed by atoms with Gasteiger partial charge in [0.2, 0.25) is 0 Å². The van der Waals surface area contributed by atoms with Crippen LogP contribution in [0.15, 0.2) is 42.5 Å². The van der Waals surface area contributed by atoms with Crippen molar-refractivity contribution in [2.24, 2.45) is 5.92 Å². The lowest BCUT2D eigenvalue weighted by atomic mass is 9.76. The number of carbonyl (C=O) groups excluding carboxylic acids is 1. The van der Waals surface area contributed by atoms with Crippen LogP contribution in [0.4, 0.5) is 4.79 Å². The van der Waals surface area contributed by atoms with Crippen molar-refractivity contribution < 1.29 is 24.2 Å². The van der Waals surface area contributed by atoms with Gasteiger partial charge in [0.15, 0.2) is 0 Å². The van der Waals surface area contributed by atoms with E-state index in [0.29, 0.717) is 24.5 Å². The summed E-state index contributed by atoms with van der Waals surface area (Å²) in [6.07, 6.45) is 1.68. The normalized spacial score (nSPS) is 26.4. The zero-order valence-electron chi connectivity index (χ0n) is 17.4. The van der Waals surface area contributed by atoms with E-state index >= 15 is 0 Å². The summed E-state index contributed by atoms with van der Waals surface area (Å²) in [6, 6.07) is 13.6. The van der Waals surface area contributed by atoms with Crippen LogP contribution in [0, 0.1) is 5.92 Å². The second-order valence-corrected chi connectivity index (χ2v) is 8.58. The summed E-state index contributed by atoms with van der Waals surface area (Å²) in [5, 5.41) is 12.6. The number of nitrogens with zero attached hydrogens (tertiary/aromatic N) is 1. The molecule has 7 heteroatoms. The average molecular weight is 422 g/mol. The van der Waals surface area contributed by atoms with Crippen LogP contribution in [0.25, 0.3) is 0 Å². The zero-order valence-corrected chi connectivity index (χ0v) is 17.4. The lowest BCUT2D eigenvalue weighted by Crippen LogP contribution is -2.51. The third-order valence-corrected chi connectivity index (χ3v) is 7.06. The summed E-state index contributed by atoms with van der Waals surface area (Å²) in [6.45, 7) is 0.950. The highest BCUT2D eigenvalue weighted by Crippen LogP contribution is 2.47. The van der Waals surface area contributed by atoms with Crippen molar-refractivity contribution in [3.63, 3.8) is 0 Å². The molecule has 5 rings (SSSR count). The largest absolute Gasteiger partial charge is 0.497 e. The number of fused-ring (bicyclic) bond motifs is 3. The first-order chi connectivity index (χ1) is 15.0. The molecule has 3 aliphatic heterocycles. The van der Waals surface area contributed by atoms with Gasteiger partial charge in [-0.15, -0.1) is 0 Å². The fourth-order valence-corrected chi connectivity index (χ4v) is 5.53. The molecule has 0 spiro atoms. The maximum Gasteiger partial charge on any atom is 0.407 e. The maximum atomic E-state index is 12.0. The van der Waals surface area contributed by atoms with Gasteiger partial charge in [-0.05, 0) is 60.6 Å². The number of rotatable bonds is 5. The molecule has 7 nitrogen and oxygen atoms in total. The number of carbonyl (C=O) groups is 2. The second-order valence-electron chi connectivity index (χ2n) is 8.58. The van der Waals surface area contributed by atoms with Crippen LogP contribution in [0.3, 0.4) is 0 Å². The van der Waals surface area contributed by atoms with Gasteiger partial charge in [0, 0.05) is 30.1 Å². The first kappa shape index (κ1) is 19.7. The predicted octanol–water partition coefficient (Wildman–Crippen LogP) is 3.63. The number of hydrogen-bond donors (Lipinski definition) is 2. The predicted molar refractivity (Wildman–Crippen MR) is 114 cm³/mol. The first-order valence-corrected chi connectivity index (χ1v) is 10.7. The van der Waals surface area contributed by atoms with Crippen molar-refractivity contribution in [3.8, 4) is 11.5 Å². The molecule has 2 aromatic carbocycles. The first-order valence-electron chi connectivity index (χ1n) is 10.7. The highest BCUT2D eigenvalue weighted by Gasteiger charge is 2.50. The van der Waals surface area contributed by atoms with E-state index < -0.39 is 6.09 Å². The summed E-state index contributed by atoms with van der Waals surface area (Å²) in [5.41, 5.74) is 2.81. The Bertz CT molecular complexity index is 1010. The topological polar surface area (TPSA) is 88.1 Å². The van der Waals surface area contributed by atoms with Crippen LogP contribution >= 0.6 is 0 Å². The fourth-order valence-electron chi connectivity index (χ4n) is 5.53. The molecule has 2 amide bonds. The summed E-state index contributed by atoms with van der Waals surface area (Å²) in [4.78, 5) is 25.6. The molecule has 2 aromatic rings. The Morgan fingerprint density at radius 2 is 1.94 bits per heavy atom. The SMILES string of the molecule is COc1ccc(C2CC3CCC(C2COc2ccc4c(c2)C(=O)NC4)N3C(=O)O)cc1. The Kier molecular flexibility index (Phi) is 4.96. The number of hydrogen-bond acceptors (Lipinski definition) is 4. The third-order valence-electron chi connectivity index (χ3n) is 7.06. The van der Waals surface area contributed by atoms with Crippen molar-refractivity contribution in [2.75, 3.05) is 13.7 Å². The van der Waals surface area contributed by atoms with Gasteiger partial charge in [0.1, 0.15) is 11.5 Å². The van der Waals surface area contributed by atoms with E-state index in [-0.39, 0.29) is 29.8 Å². The van der Waals surface area contributed by atoms with Gasteiger partial charge in [-0.2, -0.15) is 0 Å². The van der Waals surface area contributed by atoms with E-state index in [1.165, 1.54) is 5.56 Å². The number of nitrogens with one attached hydrogen (secondary N) is 1. The molecule has 2 saturated heterocycles. The van der Waals surface area contributed by atoms with E-state index in [0.717, 1.165) is 30.6 Å². The van der Waals surface area contributed by atoms with E-state index in [9.17, 15) is 14.7 Å². The Hall–Kier alpha value is -3.22. The number of carboxylic acid groups (broad SMARTS) is 1. The average Bonchev–Trinajstić information content (AvgIpc) is 3.32. The molecule has 162 valence electrons. The molecule has 0 saturated carbocycles. The molecule has 2 N–H and O–H groups in total. The van der Waals surface area contributed by atoms with E-state index in [1.807, 2.05) is 24.3 Å². The summed E-state index contributed by atoms with van der Waals surface area (Å²) in [5.74, 6) is 1.61. The van der Waals surface area contributed by atoms with Crippen molar-refractivity contribution in [3.05, 3.63) is 59.2 Å². The monoisotopic (exact) mass is 422 g/mol. The molecular weight excluding hydrogens is 396 g/mol. The maximum absolute atomic E-state index is 12.0. The molecular formula is C24H26N2O5. The van der Waals surface area contributed by atoms with Gasteiger partial charge in [0.05, 0.1) is 13.7 Å². The minimum atomic E-state index is -0.847. The minimum Gasteiger partial charge on any atom is -0.497 e. The summed E-state index contributed by atoms with van der Waals surface area (Å²) < 4.78 is 11.5. The zero-order chi connectivity index (χ0) is 21.5. The van der Waals surface area contributed by atoms with Gasteiger partial charge in [-0.3, -0.25) is 4.79 Å². The number of benzene rings is 2. The van der Waals surface area contributed by atoms with Gasteiger partial charge in [0.25, 0.3) is 5.91 Å². The number of piperidine rings is 1. The second kappa shape index (κ2) is 7.80. The Balaban J connectivity index is 1.41. The van der Waals surface area contributed by atoms with Crippen LogP contribution in [-0.2, 0) is 6.54 Å². The summed E-state index contributed by atoms with van der Waals surface area (Å²) >= 11 is 0. The number of ether oxygens (including phenoxy) is 2. The van der Waals surface area contributed by atoms with Crippen LogP contribution in [0.2, 0.25) is 0 Å². The molecule has 2 fully saturated rings. The Labute approximate surface area is 181 Å². The molecule has 3 heterocycles. The Morgan fingerprint density at radius 3 is 2.68 bits per heavy atom. The lowest BCUT2D eigenvalue weighted by molar-refractivity contribution is 0.0472. The number of methoxy groups -OCH3 is 1.